The van der Waals surface area contributed by atoms with Gasteiger partial charge in [0.2, 0.25) is 0 Å². The van der Waals surface area contributed by atoms with Gasteiger partial charge in [0, 0.05) is 10.1 Å². The standard InChI is InChI=1S/C25H34O4S/c1-25(2,3)23(24(26)27)22(14-10-9-13-18-11-7-6-8-12-18)30-19-15-16-20(28-4)21(17-19)29-5/h6-8,11-12,15-17,22-23H,9-10,13-14H2,1-5H3,(H,26,27). The number of carbonyl (C=O) groups is 1. The van der Waals surface area contributed by atoms with Crippen LogP contribution in [0.1, 0.15) is 45.6 Å². The molecule has 164 valence electrons. The van der Waals surface area contributed by atoms with Gasteiger partial charge in [0.05, 0.1) is 20.1 Å². The van der Waals surface area contributed by atoms with E-state index in [9.17, 15) is 9.90 Å². The predicted octanol–water partition coefficient (Wildman–Crippen LogP) is 6.32. The highest BCUT2D eigenvalue weighted by molar-refractivity contribution is 8.00. The third kappa shape index (κ3) is 6.98. The Morgan fingerprint density at radius 2 is 1.67 bits per heavy atom. The Balaban J connectivity index is 2.15. The largest absolute Gasteiger partial charge is 0.493 e. The van der Waals surface area contributed by atoms with E-state index in [0.717, 1.165) is 30.6 Å². The molecule has 5 heteroatoms. The van der Waals surface area contributed by atoms with Gasteiger partial charge in [-0.1, -0.05) is 57.5 Å². The molecule has 0 radical (unpaired) electrons. The van der Waals surface area contributed by atoms with Gasteiger partial charge < -0.3 is 14.6 Å². The summed E-state index contributed by atoms with van der Waals surface area (Å²) in [6.07, 6.45) is 3.89. The number of ether oxygens (including phenoxy) is 2. The molecule has 0 aliphatic heterocycles. The molecule has 0 saturated heterocycles. The van der Waals surface area contributed by atoms with Crippen molar-refractivity contribution in [2.24, 2.45) is 11.3 Å². The van der Waals surface area contributed by atoms with Gasteiger partial charge in [-0.15, -0.1) is 11.8 Å². The van der Waals surface area contributed by atoms with Crippen LogP contribution in [-0.2, 0) is 11.2 Å². The van der Waals surface area contributed by atoms with E-state index in [2.05, 4.69) is 24.3 Å². The number of rotatable bonds is 11. The summed E-state index contributed by atoms with van der Waals surface area (Å²) < 4.78 is 10.8. The van der Waals surface area contributed by atoms with Crippen LogP contribution >= 0.6 is 11.8 Å². The first-order valence-electron chi connectivity index (χ1n) is 10.4. The van der Waals surface area contributed by atoms with Crippen LogP contribution in [0.15, 0.2) is 53.4 Å². The summed E-state index contributed by atoms with van der Waals surface area (Å²) in [5.74, 6) is 0.149. The van der Waals surface area contributed by atoms with Crippen molar-refractivity contribution in [3.63, 3.8) is 0 Å². The van der Waals surface area contributed by atoms with Gasteiger partial charge in [0.15, 0.2) is 11.5 Å². The van der Waals surface area contributed by atoms with Gasteiger partial charge in [-0.05, 0) is 48.4 Å². The molecular weight excluding hydrogens is 396 g/mol. The normalized spacial score (nSPS) is 13.5. The monoisotopic (exact) mass is 430 g/mol. The summed E-state index contributed by atoms with van der Waals surface area (Å²) in [4.78, 5) is 13.2. The summed E-state index contributed by atoms with van der Waals surface area (Å²) in [5.41, 5.74) is 0.992. The van der Waals surface area contributed by atoms with E-state index in [1.807, 2.05) is 45.0 Å². The second kappa shape index (κ2) is 11.3. The molecule has 4 nitrogen and oxygen atoms in total. The Morgan fingerprint density at radius 3 is 2.23 bits per heavy atom. The Morgan fingerprint density at radius 1 is 1.00 bits per heavy atom. The topological polar surface area (TPSA) is 55.8 Å². The molecule has 2 unspecified atom stereocenters. The third-order valence-corrected chi connectivity index (χ3v) is 6.60. The van der Waals surface area contributed by atoms with E-state index in [0.29, 0.717) is 11.5 Å². The average Bonchev–Trinajstić information content (AvgIpc) is 2.70. The van der Waals surface area contributed by atoms with Gasteiger partial charge in [-0.3, -0.25) is 4.79 Å². The van der Waals surface area contributed by atoms with Crippen LogP contribution in [0.4, 0.5) is 0 Å². The van der Waals surface area contributed by atoms with Crippen LogP contribution in [0, 0.1) is 11.3 Å². The fourth-order valence-corrected chi connectivity index (χ4v) is 5.38. The van der Waals surface area contributed by atoms with Crippen LogP contribution in [0.2, 0.25) is 0 Å². The summed E-state index contributed by atoms with van der Waals surface area (Å²) >= 11 is 1.63. The molecule has 0 aliphatic carbocycles. The molecule has 0 fully saturated rings. The number of unbranched alkanes of at least 4 members (excludes halogenated alkanes) is 1. The van der Waals surface area contributed by atoms with E-state index < -0.39 is 11.9 Å². The highest BCUT2D eigenvalue weighted by atomic mass is 32.2. The van der Waals surface area contributed by atoms with E-state index in [1.54, 1.807) is 26.0 Å². The minimum Gasteiger partial charge on any atom is -0.493 e. The number of aliphatic carboxylic acids is 1. The number of thioether (sulfide) groups is 1. The molecule has 2 aromatic rings. The fraction of sp³-hybridized carbons (Fsp3) is 0.480. The SMILES string of the molecule is COc1ccc(SC(CCCCc2ccccc2)C(C(=O)O)C(C)(C)C)cc1OC. The molecule has 2 rings (SSSR count). The molecule has 0 spiro atoms. The zero-order valence-corrected chi connectivity index (χ0v) is 19.5. The van der Waals surface area contributed by atoms with Gasteiger partial charge in [0.1, 0.15) is 0 Å². The van der Waals surface area contributed by atoms with E-state index in [1.165, 1.54) is 5.56 Å². The van der Waals surface area contributed by atoms with Crippen molar-refractivity contribution >= 4 is 17.7 Å². The molecule has 2 aromatic carbocycles. The number of hydrogen-bond donors (Lipinski definition) is 1. The fourth-order valence-electron chi connectivity index (χ4n) is 3.76. The number of hydrogen-bond acceptors (Lipinski definition) is 4. The molecule has 0 saturated carbocycles. The summed E-state index contributed by atoms with van der Waals surface area (Å²) in [6.45, 7) is 6.04. The Labute approximate surface area is 185 Å². The molecular formula is C25H34O4S. The smallest absolute Gasteiger partial charge is 0.308 e. The summed E-state index contributed by atoms with van der Waals surface area (Å²) in [5, 5.41) is 9.99. The molecule has 0 aromatic heterocycles. The summed E-state index contributed by atoms with van der Waals surface area (Å²) in [6, 6.07) is 16.2. The number of aryl methyl sites for hydroxylation is 1. The predicted molar refractivity (Wildman–Crippen MR) is 124 cm³/mol. The van der Waals surface area contributed by atoms with Gasteiger partial charge >= 0.3 is 5.97 Å². The number of carboxylic acid groups (broad SMARTS) is 1. The molecule has 2 atom stereocenters. The van der Waals surface area contributed by atoms with Crippen LogP contribution in [0.5, 0.6) is 11.5 Å². The lowest BCUT2D eigenvalue weighted by Gasteiger charge is -2.34. The minimum absolute atomic E-state index is 0.0311. The molecule has 0 heterocycles. The van der Waals surface area contributed by atoms with Gasteiger partial charge in [0.25, 0.3) is 0 Å². The highest BCUT2D eigenvalue weighted by Gasteiger charge is 2.38. The molecule has 30 heavy (non-hydrogen) atoms. The lowest BCUT2D eigenvalue weighted by atomic mass is 9.77. The van der Waals surface area contributed by atoms with Gasteiger partial charge in [-0.25, -0.2) is 0 Å². The maximum absolute atomic E-state index is 12.2. The van der Waals surface area contributed by atoms with Crippen LogP contribution in [0.25, 0.3) is 0 Å². The molecule has 0 aliphatic rings. The van der Waals surface area contributed by atoms with Crippen LogP contribution in [-0.4, -0.2) is 30.5 Å². The number of carboxylic acids is 1. The second-order valence-electron chi connectivity index (χ2n) is 8.59. The average molecular weight is 431 g/mol. The maximum Gasteiger partial charge on any atom is 0.308 e. The van der Waals surface area contributed by atoms with Crippen molar-refractivity contribution in [1.29, 1.82) is 0 Å². The Bertz CT molecular complexity index is 799. The van der Waals surface area contributed by atoms with Gasteiger partial charge in [-0.2, -0.15) is 0 Å². The zero-order chi connectivity index (χ0) is 22.1. The van der Waals surface area contributed by atoms with E-state index >= 15 is 0 Å². The first kappa shape index (κ1) is 24.1. The first-order valence-corrected chi connectivity index (χ1v) is 11.3. The molecule has 0 bridgehead atoms. The second-order valence-corrected chi connectivity index (χ2v) is 9.90. The summed E-state index contributed by atoms with van der Waals surface area (Å²) in [7, 11) is 3.23. The van der Waals surface area contributed by atoms with Crippen LogP contribution in [0.3, 0.4) is 0 Å². The number of benzene rings is 2. The first-order chi connectivity index (χ1) is 14.3. The highest BCUT2D eigenvalue weighted by Crippen LogP contribution is 2.42. The maximum atomic E-state index is 12.2. The lowest BCUT2D eigenvalue weighted by Crippen LogP contribution is -2.37. The van der Waals surface area contributed by atoms with Crippen molar-refractivity contribution in [3.8, 4) is 11.5 Å². The Hall–Kier alpha value is -2.14. The lowest BCUT2D eigenvalue weighted by molar-refractivity contribution is -0.145. The minimum atomic E-state index is -0.733. The van der Waals surface area contributed by atoms with Crippen molar-refractivity contribution in [2.75, 3.05) is 14.2 Å². The number of methoxy groups -OCH3 is 2. The Kier molecular flexibility index (Phi) is 9.09. The van der Waals surface area contributed by atoms with Crippen molar-refractivity contribution < 1.29 is 19.4 Å². The zero-order valence-electron chi connectivity index (χ0n) is 18.7. The molecule has 1 N–H and O–H groups in total. The third-order valence-electron chi connectivity index (χ3n) is 5.26. The van der Waals surface area contributed by atoms with E-state index in [-0.39, 0.29) is 10.7 Å². The van der Waals surface area contributed by atoms with Crippen molar-refractivity contribution in [1.82, 2.24) is 0 Å². The molecule has 0 amide bonds. The van der Waals surface area contributed by atoms with Crippen LogP contribution < -0.4 is 9.47 Å². The van der Waals surface area contributed by atoms with E-state index in [4.69, 9.17) is 9.47 Å². The van der Waals surface area contributed by atoms with Crippen molar-refractivity contribution in [2.45, 2.75) is 56.6 Å². The van der Waals surface area contributed by atoms with Crippen molar-refractivity contribution in [3.05, 3.63) is 54.1 Å². The quantitative estimate of drug-likeness (QED) is 0.334.